The van der Waals surface area contributed by atoms with Gasteiger partial charge in [0.2, 0.25) is 0 Å². The lowest BCUT2D eigenvalue weighted by Gasteiger charge is -2.19. The van der Waals surface area contributed by atoms with Crippen LogP contribution in [0.2, 0.25) is 0 Å². The van der Waals surface area contributed by atoms with Gasteiger partial charge < -0.3 is 0 Å². The molecule has 0 fully saturated rings. The highest BCUT2D eigenvalue weighted by molar-refractivity contribution is 6.02. The Balaban J connectivity index is 1.48. The Kier molecular flexibility index (Phi) is 14.0. The summed E-state index contributed by atoms with van der Waals surface area (Å²) in [5.41, 5.74) is -11.8. The number of allylic oxidation sites excluding steroid dienone is 5. The first kappa shape index (κ1) is 52.7. The lowest BCUT2D eigenvalue weighted by atomic mass is 9.89. The summed E-state index contributed by atoms with van der Waals surface area (Å²) >= 11 is 0. The van der Waals surface area contributed by atoms with Crippen molar-refractivity contribution in [2.45, 2.75) is 78.1 Å². The molecule has 0 aliphatic heterocycles. The van der Waals surface area contributed by atoms with Gasteiger partial charge in [-0.2, -0.15) is 79.0 Å². The van der Waals surface area contributed by atoms with Gasteiger partial charge in [-0.05, 0) is 164 Å². The molecule has 21 heteroatoms. The Morgan fingerprint density at radius 2 is 0.786 bits per heavy atom. The van der Waals surface area contributed by atoms with E-state index < -0.39 is 92.7 Å². The molecule has 0 amide bonds. The fourth-order valence-electron chi connectivity index (χ4n) is 7.43. The maximum absolute atomic E-state index is 14.0. The number of aromatic nitrogens is 1. The van der Waals surface area contributed by atoms with Crippen LogP contribution in [0.1, 0.15) is 90.0 Å². The highest BCUT2D eigenvalue weighted by atomic mass is 19.4. The van der Waals surface area contributed by atoms with E-state index >= 15 is 0 Å². The molecular weight excluding hydrogens is 973 g/mol. The molecular formula is C49H33F18N3. The van der Waals surface area contributed by atoms with Gasteiger partial charge in [-0.1, -0.05) is 17.7 Å². The normalized spacial score (nSPS) is 15.0. The van der Waals surface area contributed by atoms with Gasteiger partial charge in [0.25, 0.3) is 0 Å². The highest BCUT2D eigenvalue weighted by Crippen LogP contribution is 2.45. The van der Waals surface area contributed by atoms with E-state index in [0.29, 0.717) is 53.2 Å². The Hall–Kier alpha value is -6.67. The van der Waals surface area contributed by atoms with Gasteiger partial charge in [-0.15, -0.1) is 0 Å². The first-order valence-electron chi connectivity index (χ1n) is 20.2. The molecule has 0 unspecified atom stereocenters. The standard InChI is InChI=1S/C49H33F18N3/c1-23-9-28(29-12-32(44(50,51)52)18-33(13-29)45(53,54)55)11-24(2)43(10-23)69-27(5)42-8-6-7-41(70-42)26(4)68-38-21-39(30-14-34(46(56,57)58)19-35(15-30)47(59,60)61)25(3)40(22-38)31-16-36(48(62,63)64)20-37(17-31)49(65,66)67/h6-9,11-22H,10H2,1-5H3. The molecule has 1 aliphatic carbocycles. The minimum atomic E-state index is -5.34. The predicted molar refractivity (Wildman–Crippen MR) is 226 cm³/mol. The van der Waals surface area contributed by atoms with Crippen LogP contribution in [0.3, 0.4) is 0 Å². The summed E-state index contributed by atoms with van der Waals surface area (Å²) in [6.45, 7) is 7.08. The molecule has 4 aromatic carbocycles. The van der Waals surface area contributed by atoms with E-state index in [9.17, 15) is 79.0 Å². The number of rotatable bonds is 7. The first-order chi connectivity index (χ1) is 32.0. The van der Waals surface area contributed by atoms with Crippen LogP contribution in [-0.2, 0) is 37.1 Å². The van der Waals surface area contributed by atoms with Gasteiger partial charge in [0, 0.05) is 12.1 Å². The topological polar surface area (TPSA) is 37.6 Å². The fraction of sp³-hybridized carbons (Fsp3) is 0.245. The molecule has 0 saturated carbocycles. The Morgan fingerprint density at radius 1 is 0.443 bits per heavy atom. The molecule has 0 N–H and O–H groups in total. The van der Waals surface area contributed by atoms with Crippen molar-refractivity contribution in [2.24, 2.45) is 9.98 Å². The summed E-state index contributed by atoms with van der Waals surface area (Å²) < 4.78 is 250. The maximum Gasteiger partial charge on any atom is 0.416 e. The van der Waals surface area contributed by atoms with Crippen LogP contribution in [0, 0.1) is 6.92 Å². The number of hydrogen-bond donors (Lipinski definition) is 0. The number of benzene rings is 4. The molecule has 0 radical (unpaired) electrons. The average Bonchev–Trinajstić information content (AvgIpc) is 3.38. The van der Waals surface area contributed by atoms with E-state index in [1.807, 2.05) is 0 Å². The van der Waals surface area contributed by atoms with Gasteiger partial charge in [0.1, 0.15) is 0 Å². The molecule has 5 aromatic rings. The maximum atomic E-state index is 14.0. The molecule has 0 spiro atoms. The van der Waals surface area contributed by atoms with Crippen LogP contribution in [0.5, 0.6) is 0 Å². The number of aliphatic imine (C=N–C) groups is 2. The van der Waals surface area contributed by atoms with Crippen LogP contribution in [0.15, 0.2) is 124 Å². The van der Waals surface area contributed by atoms with Crippen molar-refractivity contribution >= 4 is 22.7 Å². The smallest absolute Gasteiger partial charge is 0.255 e. The molecule has 70 heavy (non-hydrogen) atoms. The Bertz CT molecular complexity index is 2830. The lowest BCUT2D eigenvalue weighted by Crippen LogP contribution is -2.11. The molecule has 370 valence electrons. The second-order valence-electron chi connectivity index (χ2n) is 16.2. The van der Waals surface area contributed by atoms with E-state index in [2.05, 4.69) is 15.0 Å². The van der Waals surface area contributed by atoms with Gasteiger partial charge in [-0.25, -0.2) is 4.98 Å². The summed E-state index contributed by atoms with van der Waals surface area (Å²) in [5.74, 6) is 0. The lowest BCUT2D eigenvalue weighted by molar-refractivity contribution is -0.144. The highest BCUT2D eigenvalue weighted by Gasteiger charge is 2.40. The molecule has 1 heterocycles. The largest absolute Gasteiger partial charge is 0.416 e. The first-order valence-corrected chi connectivity index (χ1v) is 20.2. The van der Waals surface area contributed by atoms with E-state index in [0.717, 1.165) is 19.1 Å². The minimum Gasteiger partial charge on any atom is -0.255 e. The zero-order valence-corrected chi connectivity index (χ0v) is 36.6. The van der Waals surface area contributed by atoms with Gasteiger partial charge in [-0.3, -0.25) is 9.98 Å². The van der Waals surface area contributed by atoms with Crippen molar-refractivity contribution < 1.29 is 79.0 Å². The predicted octanol–water partition coefficient (Wildman–Crippen LogP) is 17.5. The summed E-state index contributed by atoms with van der Waals surface area (Å²) in [7, 11) is 0. The molecule has 0 saturated heterocycles. The SMILES string of the molecule is CC1=CC(c2cc(C(F)(F)F)cc(C(F)(F)F)c2)=CC(C)=C(N=C(C)c2cccc(C(C)=Nc3cc(-c4cc(C(F)(F)F)cc(C(F)(F)F)c4)c(C)c(-c4cc(C(F)(F)F)cc(C(F)(F)F)c4)c3)n2)C1. The third-order valence-electron chi connectivity index (χ3n) is 10.9. The second-order valence-corrected chi connectivity index (χ2v) is 16.2. The van der Waals surface area contributed by atoms with Gasteiger partial charge in [0.05, 0.1) is 61.9 Å². The van der Waals surface area contributed by atoms with E-state index in [-0.39, 0.29) is 69.8 Å². The summed E-state index contributed by atoms with van der Waals surface area (Å²) in [6, 6.07) is 8.67. The number of halogens is 18. The van der Waals surface area contributed by atoms with Crippen molar-refractivity contribution in [3.05, 3.63) is 170 Å². The number of nitrogens with zero attached hydrogens (tertiary/aromatic N) is 3. The van der Waals surface area contributed by atoms with Crippen LogP contribution in [-0.4, -0.2) is 16.4 Å². The summed E-state index contributed by atoms with van der Waals surface area (Å²) in [5, 5.41) is 0. The van der Waals surface area contributed by atoms with Crippen LogP contribution >= 0.6 is 0 Å². The molecule has 6 rings (SSSR count). The van der Waals surface area contributed by atoms with Crippen molar-refractivity contribution in [3.63, 3.8) is 0 Å². The van der Waals surface area contributed by atoms with Crippen LogP contribution in [0.25, 0.3) is 27.8 Å². The molecule has 3 nitrogen and oxygen atoms in total. The number of hydrogen-bond acceptors (Lipinski definition) is 3. The summed E-state index contributed by atoms with van der Waals surface area (Å²) in [6.07, 6.45) is -28.7. The zero-order valence-electron chi connectivity index (χ0n) is 36.6. The van der Waals surface area contributed by atoms with Crippen molar-refractivity contribution in [3.8, 4) is 22.3 Å². The van der Waals surface area contributed by atoms with E-state index in [1.165, 1.54) is 51.1 Å². The van der Waals surface area contributed by atoms with Crippen LogP contribution < -0.4 is 0 Å². The molecule has 1 aliphatic rings. The number of alkyl halides is 18. The Labute approximate surface area is 386 Å². The minimum absolute atomic E-state index is 0.00940. The second kappa shape index (κ2) is 18.6. The van der Waals surface area contributed by atoms with Crippen molar-refractivity contribution in [1.82, 2.24) is 4.98 Å². The fourth-order valence-corrected chi connectivity index (χ4v) is 7.43. The quantitative estimate of drug-likeness (QED) is 0.118. The number of pyridine rings is 1. The Morgan fingerprint density at radius 3 is 1.14 bits per heavy atom. The molecule has 0 atom stereocenters. The van der Waals surface area contributed by atoms with Gasteiger partial charge in [0.15, 0.2) is 0 Å². The van der Waals surface area contributed by atoms with E-state index in [4.69, 9.17) is 0 Å². The average molecular weight is 1010 g/mol. The van der Waals surface area contributed by atoms with E-state index in [1.54, 1.807) is 6.92 Å². The molecule has 0 bridgehead atoms. The van der Waals surface area contributed by atoms with Gasteiger partial charge >= 0.3 is 37.1 Å². The monoisotopic (exact) mass is 1010 g/mol. The summed E-state index contributed by atoms with van der Waals surface area (Å²) in [4.78, 5) is 13.6. The van der Waals surface area contributed by atoms with Crippen molar-refractivity contribution in [2.75, 3.05) is 0 Å². The van der Waals surface area contributed by atoms with Crippen molar-refractivity contribution in [1.29, 1.82) is 0 Å². The van der Waals surface area contributed by atoms with Crippen LogP contribution in [0.4, 0.5) is 84.7 Å². The molecule has 1 aromatic heterocycles. The zero-order chi connectivity index (χ0) is 52.3. The third kappa shape index (κ3) is 12.2. The third-order valence-corrected chi connectivity index (χ3v) is 10.9.